The summed E-state index contributed by atoms with van der Waals surface area (Å²) in [5, 5.41) is 0. The second-order valence-electron chi connectivity index (χ2n) is 5.39. The van der Waals surface area contributed by atoms with Gasteiger partial charge in [0.25, 0.3) is 0 Å². The van der Waals surface area contributed by atoms with Gasteiger partial charge in [-0.3, -0.25) is 9.63 Å². The van der Waals surface area contributed by atoms with E-state index in [0.717, 1.165) is 12.0 Å². The lowest BCUT2D eigenvalue weighted by Crippen LogP contribution is -2.51. The fourth-order valence-corrected chi connectivity index (χ4v) is 2.99. The molecule has 0 fully saturated rings. The van der Waals surface area contributed by atoms with Crippen molar-refractivity contribution >= 4 is 17.4 Å². The molecule has 2 unspecified atom stereocenters. The Morgan fingerprint density at radius 1 is 1.58 bits per heavy atom. The van der Waals surface area contributed by atoms with Crippen LogP contribution in [-0.2, 0) is 9.63 Å². The average molecular weight is 286 g/mol. The Bertz CT molecular complexity index is 426. The molecule has 0 aromatic rings. The molecule has 1 aliphatic rings. The minimum absolute atomic E-state index is 0.000478. The van der Waals surface area contributed by atoms with Crippen molar-refractivity contribution in [3.8, 4) is 0 Å². The van der Waals surface area contributed by atoms with Gasteiger partial charge in [-0.05, 0) is 39.7 Å². The number of halogens is 1. The zero-order chi connectivity index (χ0) is 14.8. The lowest BCUT2D eigenvalue weighted by atomic mass is 9.78. The largest absolute Gasteiger partial charge is 0.297 e. The fraction of sp³-hybridized carbons (Fsp3) is 0.667. The summed E-state index contributed by atoms with van der Waals surface area (Å²) in [6, 6.07) is 0. The van der Waals surface area contributed by atoms with Gasteiger partial charge in [-0.1, -0.05) is 37.1 Å². The molecule has 4 heteroatoms. The number of hydrogen-bond donors (Lipinski definition) is 1. The lowest BCUT2D eigenvalue weighted by Gasteiger charge is -2.40. The Labute approximate surface area is 121 Å². The molecule has 1 rings (SSSR count). The van der Waals surface area contributed by atoms with Crippen LogP contribution in [0.4, 0.5) is 0 Å². The van der Waals surface area contributed by atoms with Gasteiger partial charge in [0.1, 0.15) is 0 Å². The Kier molecular flexibility index (Phi) is 5.36. The minimum Gasteiger partial charge on any atom is -0.297 e. The van der Waals surface area contributed by atoms with Crippen molar-refractivity contribution in [2.45, 2.75) is 59.1 Å². The molecule has 3 nitrogen and oxygen atoms in total. The summed E-state index contributed by atoms with van der Waals surface area (Å²) in [6.45, 7) is 11.4. The van der Waals surface area contributed by atoms with E-state index in [1.165, 1.54) is 5.57 Å². The molecule has 1 N–H and O–H groups in total. The van der Waals surface area contributed by atoms with E-state index in [2.05, 4.69) is 18.5 Å². The highest BCUT2D eigenvalue weighted by Gasteiger charge is 2.44. The first-order valence-electron chi connectivity index (χ1n) is 6.78. The average Bonchev–Trinajstić information content (AvgIpc) is 2.31. The first kappa shape index (κ1) is 16.4. The van der Waals surface area contributed by atoms with Gasteiger partial charge >= 0.3 is 0 Å². The number of Topliss-reactive ketones (excluding diaryl/α,β-unsaturated/α-hetero) is 1. The summed E-state index contributed by atoms with van der Waals surface area (Å²) in [5.41, 5.74) is 5.65. The zero-order valence-corrected chi connectivity index (χ0v) is 13.4. The molecule has 0 radical (unpaired) electrons. The molecule has 0 saturated heterocycles. The topological polar surface area (TPSA) is 38.3 Å². The predicted octanol–water partition coefficient (Wildman–Crippen LogP) is 3.74. The maximum absolute atomic E-state index is 11.9. The van der Waals surface area contributed by atoms with E-state index in [9.17, 15) is 4.79 Å². The van der Waals surface area contributed by atoms with Crippen molar-refractivity contribution in [3.63, 3.8) is 0 Å². The Morgan fingerprint density at radius 3 is 2.58 bits per heavy atom. The molecule has 2 atom stereocenters. The number of nitrogens with one attached hydrogen (secondary N) is 1. The number of carbonyl (C=O) groups is 1. The number of alkyl halides is 1. The zero-order valence-electron chi connectivity index (χ0n) is 12.6. The highest BCUT2D eigenvalue weighted by atomic mass is 35.5. The van der Waals surface area contributed by atoms with Crippen LogP contribution in [0, 0.1) is 5.92 Å². The van der Waals surface area contributed by atoms with Crippen molar-refractivity contribution in [1.29, 1.82) is 0 Å². The maximum Gasteiger partial charge on any atom is 0.159 e. The van der Waals surface area contributed by atoms with Crippen LogP contribution in [0.15, 0.2) is 22.8 Å². The number of hydroxylamine groups is 1. The van der Waals surface area contributed by atoms with Gasteiger partial charge in [-0.15, -0.1) is 0 Å². The van der Waals surface area contributed by atoms with E-state index in [1.54, 1.807) is 6.92 Å². The van der Waals surface area contributed by atoms with Crippen LogP contribution in [0.5, 0.6) is 0 Å². The highest BCUT2D eigenvalue weighted by molar-refractivity contribution is 6.29. The van der Waals surface area contributed by atoms with Crippen LogP contribution in [0.2, 0.25) is 0 Å². The predicted molar refractivity (Wildman–Crippen MR) is 78.9 cm³/mol. The van der Waals surface area contributed by atoms with Crippen molar-refractivity contribution in [3.05, 3.63) is 22.8 Å². The SMILES string of the molecule is CCC1=CC(C)=C(C(C)=O)C(Cl)(NOC(C)C)C1C. The summed E-state index contributed by atoms with van der Waals surface area (Å²) in [5.74, 6) is -0.0221. The van der Waals surface area contributed by atoms with Crippen LogP contribution < -0.4 is 5.48 Å². The summed E-state index contributed by atoms with van der Waals surface area (Å²) < 4.78 is 0. The summed E-state index contributed by atoms with van der Waals surface area (Å²) >= 11 is 6.74. The second-order valence-corrected chi connectivity index (χ2v) is 5.99. The summed E-state index contributed by atoms with van der Waals surface area (Å²) in [7, 11) is 0. The first-order valence-corrected chi connectivity index (χ1v) is 7.16. The quantitative estimate of drug-likeness (QED) is 0.475. The number of ketones is 1. The first-order chi connectivity index (χ1) is 8.74. The Balaban J connectivity index is 3.24. The van der Waals surface area contributed by atoms with E-state index in [1.807, 2.05) is 27.7 Å². The number of carbonyl (C=O) groups excluding carboxylic acids is 1. The van der Waals surface area contributed by atoms with E-state index in [4.69, 9.17) is 16.4 Å². The third-order valence-corrected chi connectivity index (χ3v) is 4.11. The molecule has 0 aromatic carbocycles. The van der Waals surface area contributed by atoms with Crippen molar-refractivity contribution in [1.82, 2.24) is 5.48 Å². The molecular formula is C15H24ClNO2. The standard InChI is InChI=1S/C15H24ClNO2/c1-7-13-8-10(4)14(12(6)18)15(16,11(13)5)17-19-9(2)3/h8-9,11,17H,7H2,1-6H3. The minimum atomic E-state index is -0.986. The normalized spacial score (nSPS) is 27.8. The van der Waals surface area contributed by atoms with Crippen molar-refractivity contribution in [2.24, 2.45) is 5.92 Å². The van der Waals surface area contributed by atoms with Crippen molar-refractivity contribution in [2.75, 3.05) is 0 Å². The summed E-state index contributed by atoms with van der Waals surface area (Å²) in [6.07, 6.45) is 2.97. The monoisotopic (exact) mass is 285 g/mol. The molecule has 0 aliphatic heterocycles. The van der Waals surface area contributed by atoms with Crippen LogP contribution in [0.3, 0.4) is 0 Å². The molecular weight excluding hydrogens is 262 g/mol. The van der Waals surface area contributed by atoms with E-state index < -0.39 is 5.00 Å². The van der Waals surface area contributed by atoms with Gasteiger partial charge in [0, 0.05) is 11.5 Å². The van der Waals surface area contributed by atoms with Crippen molar-refractivity contribution < 1.29 is 9.63 Å². The van der Waals surface area contributed by atoms with E-state index in [0.29, 0.717) is 5.57 Å². The highest BCUT2D eigenvalue weighted by Crippen LogP contribution is 2.42. The molecule has 0 bridgehead atoms. The summed E-state index contributed by atoms with van der Waals surface area (Å²) in [4.78, 5) is 16.4. The van der Waals surface area contributed by atoms with Gasteiger partial charge in [-0.2, -0.15) is 5.48 Å². The van der Waals surface area contributed by atoms with E-state index >= 15 is 0 Å². The van der Waals surface area contributed by atoms with Crippen LogP contribution in [0.1, 0.15) is 48.0 Å². The van der Waals surface area contributed by atoms with Crippen LogP contribution in [0.25, 0.3) is 0 Å². The maximum atomic E-state index is 11.9. The van der Waals surface area contributed by atoms with Gasteiger partial charge < -0.3 is 0 Å². The number of rotatable bonds is 5. The number of hydrogen-bond acceptors (Lipinski definition) is 3. The van der Waals surface area contributed by atoms with Gasteiger partial charge in [0.05, 0.1) is 6.10 Å². The molecule has 0 amide bonds. The molecule has 19 heavy (non-hydrogen) atoms. The Morgan fingerprint density at radius 2 is 2.16 bits per heavy atom. The lowest BCUT2D eigenvalue weighted by molar-refractivity contribution is -0.115. The van der Waals surface area contributed by atoms with Gasteiger partial charge in [-0.25, -0.2) is 0 Å². The third kappa shape index (κ3) is 3.28. The molecule has 0 spiro atoms. The molecule has 0 saturated carbocycles. The molecule has 0 heterocycles. The fourth-order valence-electron chi connectivity index (χ4n) is 2.52. The molecule has 0 aromatic heterocycles. The third-order valence-electron chi connectivity index (χ3n) is 3.52. The van der Waals surface area contributed by atoms with Gasteiger partial charge in [0.2, 0.25) is 0 Å². The van der Waals surface area contributed by atoms with Crippen LogP contribution >= 0.6 is 11.6 Å². The van der Waals surface area contributed by atoms with Gasteiger partial charge in [0.15, 0.2) is 10.8 Å². The smallest absolute Gasteiger partial charge is 0.159 e. The molecule has 108 valence electrons. The Hall–Kier alpha value is -0.640. The van der Waals surface area contributed by atoms with Crippen LogP contribution in [-0.4, -0.2) is 16.9 Å². The van der Waals surface area contributed by atoms with E-state index in [-0.39, 0.29) is 17.8 Å². The molecule has 1 aliphatic carbocycles. The number of allylic oxidation sites excluding steroid dienone is 2. The second kappa shape index (κ2) is 6.21.